The van der Waals surface area contributed by atoms with Gasteiger partial charge in [-0.1, -0.05) is 43.8 Å². The summed E-state index contributed by atoms with van der Waals surface area (Å²) in [4.78, 5) is 35.9. The maximum absolute atomic E-state index is 13.0. The fraction of sp³-hybridized carbons (Fsp3) is 0.625. The average Bonchev–Trinajstić information content (AvgIpc) is 2.81. The van der Waals surface area contributed by atoms with Gasteiger partial charge in [0.05, 0.1) is 18.1 Å². The van der Waals surface area contributed by atoms with E-state index in [-0.39, 0.29) is 23.3 Å². The van der Waals surface area contributed by atoms with E-state index in [4.69, 9.17) is 4.74 Å². The van der Waals surface area contributed by atoms with Gasteiger partial charge in [0.1, 0.15) is 0 Å². The molecule has 0 aromatic heterocycles. The van der Waals surface area contributed by atoms with Crippen LogP contribution in [0.4, 0.5) is 5.69 Å². The van der Waals surface area contributed by atoms with Crippen LogP contribution in [0.1, 0.15) is 33.1 Å². The van der Waals surface area contributed by atoms with Gasteiger partial charge in [-0.15, -0.1) is 0 Å². The molecular formula is C24H36N4O3S. The van der Waals surface area contributed by atoms with Crippen molar-refractivity contribution in [3.05, 3.63) is 30.3 Å². The first-order valence-corrected chi connectivity index (χ1v) is 12.7. The molecule has 0 bridgehead atoms. The van der Waals surface area contributed by atoms with Crippen LogP contribution >= 0.6 is 11.8 Å². The molecule has 1 unspecified atom stereocenters. The molecule has 0 saturated carbocycles. The Balaban J connectivity index is 1.68. The van der Waals surface area contributed by atoms with Crippen molar-refractivity contribution in [1.82, 2.24) is 9.80 Å². The molecule has 1 fully saturated rings. The highest BCUT2D eigenvalue weighted by Gasteiger charge is 2.43. The summed E-state index contributed by atoms with van der Waals surface area (Å²) in [6.45, 7) is 8.68. The van der Waals surface area contributed by atoms with Gasteiger partial charge in [-0.25, -0.2) is 0 Å². The lowest BCUT2D eigenvalue weighted by Gasteiger charge is -2.48. The van der Waals surface area contributed by atoms with Crippen molar-refractivity contribution < 1.29 is 14.3 Å². The number of hydrogen-bond donors (Lipinski definition) is 0. The largest absolute Gasteiger partial charge is 0.382 e. The predicted molar refractivity (Wildman–Crippen MR) is 131 cm³/mol. The minimum absolute atomic E-state index is 0.0190. The van der Waals surface area contributed by atoms with Gasteiger partial charge in [0.15, 0.2) is 5.17 Å². The zero-order valence-electron chi connectivity index (χ0n) is 19.7. The fourth-order valence-electron chi connectivity index (χ4n) is 4.70. The van der Waals surface area contributed by atoms with E-state index in [1.165, 1.54) is 11.8 Å². The molecule has 0 N–H and O–H groups in total. The summed E-state index contributed by atoms with van der Waals surface area (Å²) in [6, 6.07) is 9.97. The Kier molecular flexibility index (Phi) is 8.73. The fourth-order valence-corrected chi connectivity index (χ4v) is 5.30. The van der Waals surface area contributed by atoms with Crippen LogP contribution in [0.3, 0.4) is 0 Å². The van der Waals surface area contributed by atoms with Crippen molar-refractivity contribution in [2.75, 3.05) is 57.6 Å². The van der Waals surface area contributed by atoms with E-state index in [0.29, 0.717) is 13.0 Å². The van der Waals surface area contributed by atoms with Gasteiger partial charge in [-0.2, -0.15) is 4.99 Å². The van der Waals surface area contributed by atoms with E-state index in [1.54, 1.807) is 7.11 Å². The standard InChI is InChI=1S/C24H36N4O3S/c1-5-21(29)28(20-9-7-6-8-10-20)24(18-31-3)11-13-26(14-12-24)15-16-27-17-19(2)22(30)25-23(27)32-4/h6-10,19H,5,11-18H2,1-4H3. The Labute approximate surface area is 196 Å². The van der Waals surface area contributed by atoms with Gasteiger partial charge in [0.25, 0.3) is 5.91 Å². The number of para-hydroxylation sites is 1. The molecule has 1 aromatic rings. The van der Waals surface area contributed by atoms with Crippen LogP contribution in [0.15, 0.2) is 35.3 Å². The number of thioether (sulfide) groups is 1. The maximum Gasteiger partial charge on any atom is 0.252 e. The Bertz CT molecular complexity index is 809. The number of ether oxygens (including phenoxy) is 1. The summed E-state index contributed by atoms with van der Waals surface area (Å²) in [5.41, 5.74) is 0.607. The lowest BCUT2D eigenvalue weighted by atomic mass is 9.85. The third-order valence-corrected chi connectivity index (χ3v) is 7.22. The molecule has 2 amide bonds. The Hall–Kier alpha value is -1.90. The third kappa shape index (κ3) is 5.53. The zero-order chi connectivity index (χ0) is 23.1. The van der Waals surface area contributed by atoms with Crippen molar-refractivity contribution >= 4 is 34.4 Å². The number of rotatable bonds is 8. The smallest absolute Gasteiger partial charge is 0.252 e. The molecule has 1 atom stereocenters. The molecule has 0 spiro atoms. The Morgan fingerprint density at radius 2 is 1.94 bits per heavy atom. The normalized spacial score (nSPS) is 21.4. The number of carbonyl (C=O) groups is 2. The quantitative estimate of drug-likeness (QED) is 0.594. The van der Waals surface area contributed by atoms with Crippen LogP contribution in [-0.4, -0.2) is 85.0 Å². The van der Waals surface area contributed by atoms with E-state index in [9.17, 15) is 9.59 Å². The number of methoxy groups -OCH3 is 1. The predicted octanol–water partition coefficient (Wildman–Crippen LogP) is 3.11. The molecule has 0 radical (unpaired) electrons. The number of nitrogens with zero attached hydrogens (tertiary/aromatic N) is 4. The number of benzene rings is 1. The number of carbonyl (C=O) groups excluding carboxylic acids is 2. The van der Waals surface area contributed by atoms with E-state index in [0.717, 1.165) is 56.4 Å². The van der Waals surface area contributed by atoms with Crippen LogP contribution in [0.5, 0.6) is 0 Å². The van der Waals surface area contributed by atoms with Crippen LogP contribution < -0.4 is 4.90 Å². The van der Waals surface area contributed by atoms with Gasteiger partial charge in [0.2, 0.25) is 5.91 Å². The number of piperidine rings is 1. The van der Waals surface area contributed by atoms with Crippen molar-refractivity contribution in [2.45, 2.75) is 38.6 Å². The monoisotopic (exact) mass is 460 g/mol. The third-order valence-electron chi connectivity index (χ3n) is 6.50. The Morgan fingerprint density at radius 3 is 2.53 bits per heavy atom. The summed E-state index contributed by atoms with van der Waals surface area (Å²) in [5.74, 6) is 0.0603. The summed E-state index contributed by atoms with van der Waals surface area (Å²) >= 11 is 1.54. The second-order valence-corrected chi connectivity index (χ2v) is 9.47. The number of likely N-dealkylation sites (tertiary alicyclic amines) is 1. The van der Waals surface area contributed by atoms with Gasteiger partial charge < -0.3 is 19.4 Å². The van der Waals surface area contributed by atoms with Crippen molar-refractivity contribution in [2.24, 2.45) is 10.9 Å². The topological polar surface area (TPSA) is 65.5 Å². The minimum atomic E-state index is -0.336. The summed E-state index contributed by atoms with van der Waals surface area (Å²) in [6.07, 6.45) is 4.16. The first-order valence-electron chi connectivity index (χ1n) is 11.4. The van der Waals surface area contributed by atoms with Crippen LogP contribution in [0.2, 0.25) is 0 Å². The molecule has 32 heavy (non-hydrogen) atoms. The van der Waals surface area contributed by atoms with Crippen LogP contribution in [-0.2, 0) is 14.3 Å². The van der Waals surface area contributed by atoms with Crippen molar-refractivity contribution in [1.29, 1.82) is 0 Å². The summed E-state index contributed by atoms with van der Waals surface area (Å²) < 4.78 is 5.65. The number of aliphatic imine (C=N–C) groups is 1. The SMILES string of the molecule is CCC(=O)N(c1ccccc1)C1(COC)CCN(CCN2CC(C)C(=O)N=C2SC)CC1. The molecule has 2 aliphatic heterocycles. The molecule has 1 saturated heterocycles. The summed E-state index contributed by atoms with van der Waals surface area (Å²) in [5, 5.41) is 0.822. The van der Waals surface area contributed by atoms with Gasteiger partial charge in [-0.05, 0) is 31.2 Å². The molecule has 7 nitrogen and oxygen atoms in total. The molecule has 2 heterocycles. The van der Waals surface area contributed by atoms with Gasteiger partial charge in [-0.3, -0.25) is 9.59 Å². The number of amides is 2. The van der Waals surface area contributed by atoms with Crippen molar-refractivity contribution in [3.63, 3.8) is 0 Å². The maximum atomic E-state index is 13.0. The van der Waals surface area contributed by atoms with Crippen LogP contribution in [0, 0.1) is 5.92 Å². The number of anilines is 1. The molecular weight excluding hydrogens is 424 g/mol. The lowest BCUT2D eigenvalue weighted by molar-refractivity contribution is -0.122. The van der Waals surface area contributed by atoms with E-state index < -0.39 is 0 Å². The first-order chi connectivity index (χ1) is 15.4. The highest BCUT2D eigenvalue weighted by atomic mass is 32.2. The first kappa shape index (κ1) is 24.7. The van der Waals surface area contributed by atoms with E-state index >= 15 is 0 Å². The Morgan fingerprint density at radius 1 is 1.25 bits per heavy atom. The number of hydrogen-bond acceptors (Lipinski definition) is 6. The molecule has 2 aliphatic rings. The molecule has 8 heteroatoms. The van der Waals surface area contributed by atoms with Crippen LogP contribution in [0.25, 0.3) is 0 Å². The average molecular weight is 461 g/mol. The molecule has 0 aliphatic carbocycles. The highest BCUT2D eigenvalue weighted by molar-refractivity contribution is 8.13. The molecule has 3 rings (SSSR count). The van der Waals surface area contributed by atoms with E-state index in [2.05, 4.69) is 14.8 Å². The molecule has 176 valence electrons. The molecule has 1 aromatic carbocycles. The minimum Gasteiger partial charge on any atom is -0.382 e. The van der Waals surface area contributed by atoms with E-state index in [1.807, 2.05) is 55.3 Å². The second-order valence-electron chi connectivity index (χ2n) is 8.70. The zero-order valence-corrected chi connectivity index (χ0v) is 20.6. The number of amidine groups is 1. The highest BCUT2D eigenvalue weighted by Crippen LogP contribution is 2.34. The van der Waals surface area contributed by atoms with Gasteiger partial charge in [0, 0.05) is 51.9 Å². The van der Waals surface area contributed by atoms with Crippen molar-refractivity contribution in [3.8, 4) is 0 Å². The lowest BCUT2D eigenvalue weighted by Crippen LogP contribution is -2.60. The summed E-state index contributed by atoms with van der Waals surface area (Å²) in [7, 11) is 1.72. The second kappa shape index (κ2) is 11.3. The van der Waals surface area contributed by atoms with Gasteiger partial charge >= 0.3 is 0 Å².